The van der Waals surface area contributed by atoms with Crippen molar-refractivity contribution in [3.05, 3.63) is 71.8 Å². The molecule has 0 fully saturated rings. The fraction of sp³-hybridized carbons (Fsp3) is 0.200. The number of halogens is 1. The van der Waals surface area contributed by atoms with E-state index in [1.165, 1.54) is 11.8 Å². The van der Waals surface area contributed by atoms with Gasteiger partial charge in [-0.25, -0.2) is 4.21 Å². The van der Waals surface area contributed by atoms with E-state index in [0.717, 1.165) is 10.9 Å². The molecule has 2 nitrogen and oxygen atoms in total. The smallest absolute Gasteiger partial charge is 0.141 e. The van der Waals surface area contributed by atoms with E-state index in [-0.39, 0.29) is 0 Å². The molecular weight excluding hydrogens is 356 g/mol. The summed E-state index contributed by atoms with van der Waals surface area (Å²) < 4.78 is 15.9. The van der Waals surface area contributed by atoms with E-state index < -0.39 is 8.77 Å². The van der Waals surface area contributed by atoms with E-state index in [0.29, 0.717) is 6.61 Å². The molecule has 5 heteroatoms. The Labute approximate surface area is 134 Å². The monoisotopic (exact) mass is 372 g/mol. The Bertz CT molecular complexity index is 584. The average Bonchev–Trinajstić information content (AvgIpc) is 2.47. The molecule has 0 amide bonds. The summed E-state index contributed by atoms with van der Waals surface area (Å²) in [5.74, 6) is 0. The van der Waals surface area contributed by atoms with Crippen molar-refractivity contribution in [3.8, 4) is 0 Å². The van der Waals surface area contributed by atoms with E-state index in [2.05, 4.69) is 39.3 Å². The zero-order valence-electron chi connectivity index (χ0n) is 11.2. The molecule has 1 unspecified atom stereocenters. The quantitative estimate of drug-likeness (QED) is 0.756. The van der Waals surface area contributed by atoms with E-state index in [1.807, 2.05) is 48.5 Å². The lowest BCUT2D eigenvalue weighted by Crippen LogP contribution is -2.00. The first kappa shape index (κ1) is 17.3. The van der Waals surface area contributed by atoms with Crippen molar-refractivity contribution in [1.82, 2.24) is 0 Å². The van der Waals surface area contributed by atoms with Gasteiger partial charge in [0.05, 0.1) is 6.61 Å². The van der Waals surface area contributed by atoms with Crippen LogP contribution in [-0.4, -0.2) is 10.5 Å². The standard InChI is InChI=1S/C8H10O2S2.C7H7Br/c1-12(9,11)10-7-8-5-3-2-4-6-8;8-6-7-4-2-1-3-5-7/h2-6H,7H2,1H3;1-5H,6H2. The van der Waals surface area contributed by atoms with Crippen LogP contribution < -0.4 is 0 Å². The van der Waals surface area contributed by atoms with E-state index in [9.17, 15) is 4.21 Å². The van der Waals surface area contributed by atoms with Gasteiger partial charge in [0.2, 0.25) is 0 Å². The molecule has 0 radical (unpaired) electrons. The largest absolute Gasteiger partial charge is 0.285 e. The van der Waals surface area contributed by atoms with Crippen LogP contribution in [0.2, 0.25) is 0 Å². The molecule has 20 heavy (non-hydrogen) atoms. The zero-order valence-corrected chi connectivity index (χ0v) is 14.4. The molecule has 0 saturated carbocycles. The van der Waals surface area contributed by atoms with Crippen LogP contribution in [0.4, 0.5) is 0 Å². The summed E-state index contributed by atoms with van der Waals surface area (Å²) in [6, 6.07) is 19.8. The number of hydrogen-bond donors (Lipinski definition) is 0. The number of rotatable bonds is 4. The van der Waals surface area contributed by atoms with Gasteiger partial charge in [-0.2, -0.15) is 0 Å². The number of benzene rings is 2. The van der Waals surface area contributed by atoms with Gasteiger partial charge in [0.15, 0.2) is 0 Å². The Morgan fingerprint density at radius 1 is 1.00 bits per heavy atom. The molecule has 108 valence electrons. The van der Waals surface area contributed by atoms with Crippen molar-refractivity contribution in [2.45, 2.75) is 11.9 Å². The molecule has 0 aliphatic rings. The maximum absolute atomic E-state index is 11.0. The summed E-state index contributed by atoms with van der Waals surface area (Å²) in [4.78, 5) is 0. The SMILES string of the molecule is BrCc1ccccc1.CS(=O)(=S)OCc1ccccc1. The number of alkyl halides is 1. The molecule has 2 aromatic carbocycles. The van der Waals surface area contributed by atoms with Gasteiger partial charge in [-0.15, -0.1) is 0 Å². The third-order valence-electron chi connectivity index (χ3n) is 2.28. The molecule has 0 aliphatic carbocycles. The first-order valence-electron chi connectivity index (χ1n) is 5.99. The highest BCUT2D eigenvalue weighted by Gasteiger charge is 1.97. The van der Waals surface area contributed by atoms with Gasteiger partial charge in [-0.3, -0.25) is 4.18 Å². The van der Waals surface area contributed by atoms with Crippen molar-refractivity contribution >= 4 is 35.9 Å². The van der Waals surface area contributed by atoms with Crippen LogP contribution in [0, 0.1) is 0 Å². The molecule has 0 bridgehead atoms. The number of hydrogen-bond acceptors (Lipinski definition) is 3. The molecule has 0 spiro atoms. The van der Waals surface area contributed by atoms with Gasteiger partial charge in [0.1, 0.15) is 8.77 Å². The zero-order chi connectivity index (χ0) is 14.8. The minimum Gasteiger partial charge on any atom is -0.285 e. The fourth-order valence-corrected chi connectivity index (χ4v) is 2.18. The minimum atomic E-state index is -2.49. The van der Waals surface area contributed by atoms with Crippen LogP contribution in [0.5, 0.6) is 0 Å². The van der Waals surface area contributed by atoms with Crippen LogP contribution in [0.15, 0.2) is 60.7 Å². The highest BCUT2D eigenvalue weighted by molar-refractivity contribution is 9.08. The van der Waals surface area contributed by atoms with Crippen LogP contribution in [0.1, 0.15) is 11.1 Å². The van der Waals surface area contributed by atoms with Crippen LogP contribution in [0.25, 0.3) is 0 Å². The predicted molar refractivity (Wildman–Crippen MR) is 91.7 cm³/mol. The summed E-state index contributed by atoms with van der Waals surface area (Å²) >= 11 is 7.95. The van der Waals surface area contributed by atoms with Gasteiger partial charge in [0, 0.05) is 22.8 Å². The normalized spacial score (nSPS) is 12.9. The van der Waals surface area contributed by atoms with E-state index in [1.54, 1.807) is 0 Å². The molecule has 0 saturated heterocycles. The second-order valence-electron chi connectivity index (χ2n) is 4.07. The lowest BCUT2D eigenvalue weighted by Gasteiger charge is -2.01. The van der Waals surface area contributed by atoms with Crippen LogP contribution in [-0.2, 0) is 36.1 Å². The van der Waals surface area contributed by atoms with Gasteiger partial charge >= 0.3 is 0 Å². The molecule has 0 N–H and O–H groups in total. The lowest BCUT2D eigenvalue weighted by molar-refractivity contribution is 0.338. The summed E-state index contributed by atoms with van der Waals surface area (Å²) in [5.41, 5.74) is 2.31. The Kier molecular flexibility index (Phi) is 7.99. The Morgan fingerprint density at radius 2 is 1.45 bits per heavy atom. The molecule has 0 aliphatic heterocycles. The molecular formula is C15H17BrO2S2. The Morgan fingerprint density at radius 3 is 1.80 bits per heavy atom. The van der Waals surface area contributed by atoms with Crippen LogP contribution >= 0.6 is 15.9 Å². The predicted octanol–water partition coefficient (Wildman–Crippen LogP) is 4.08. The third kappa shape index (κ3) is 8.43. The topological polar surface area (TPSA) is 26.3 Å². The van der Waals surface area contributed by atoms with Gasteiger partial charge in [0.25, 0.3) is 0 Å². The van der Waals surface area contributed by atoms with Crippen molar-refractivity contribution < 1.29 is 8.39 Å². The second-order valence-corrected chi connectivity index (χ2v) is 8.09. The Balaban J connectivity index is 0.000000217. The van der Waals surface area contributed by atoms with Gasteiger partial charge in [-0.1, -0.05) is 76.6 Å². The molecule has 2 rings (SSSR count). The van der Waals surface area contributed by atoms with Crippen molar-refractivity contribution in [3.63, 3.8) is 0 Å². The maximum atomic E-state index is 11.0. The summed E-state index contributed by atoms with van der Waals surface area (Å²) in [6.45, 7) is 0.319. The summed E-state index contributed by atoms with van der Waals surface area (Å²) in [6.07, 6.45) is 1.41. The molecule has 1 atom stereocenters. The fourth-order valence-electron chi connectivity index (χ4n) is 1.32. The first-order chi connectivity index (χ1) is 9.51. The van der Waals surface area contributed by atoms with Gasteiger partial charge in [-0.05, 0) is 11.1 Å². The average molecular weight is 373 g/mol. The third-order valence-corrected chi connectivity index (χ3v) is 3.76. The van der Waals surface area contributed by atoms with Crippen molar-refractivity contribution in [1.29, 1.82) is 0 Å². The van der Waals surface area contributed by atoms with Crippen LogP contribution in [0.3, 0.4) is 0 Å². The minimum absolute atomic E-state index is 0.319. The summed E-state index contributed by atoms with van der Waals surface area (Å²) in [7, 11) is -2.49. The van der Waals surface area contributed by atoms with Crippen molar-refractivity contribution in [2.24, 2.45) is 0 Å². The highest BCUT2D eigenvalue weighted by atomic mass is 79.9. The molecule has 2 aromatic rings. The first-order valence-corrected chi connectivity index (χ1v) is 9.93. The van der Waals surface area contributed by atoms with Crippen molar-refractivity contribution in [2.75, 3.05) is 6.26 Å². The summed E-state index contributed by atoms with van der Waals surface area (Å²) in [5, 5.41) is 0.952. The van der Waals surface area contributed by atoms with E-state index >= 15 is 0 Å². The highest BCUT2D eigenvalue weighted by Crippen LogP contribution is 2.03. The van der Waals surface area contributed by atoms with E-state index in [4.69, 9.17) is 4.18 Å². The lowest BCUT2D eigenvalue weighted by atomic mass is 10.2. The van der Waals surface area contributed by atoms with Gasteiger partial charge < -0.3 is 0 Å². The molecule has 0 aromatic heterocycles. The second kappa shape index (κ2) is 9.23. The Hall–Kier alpha value is -0.750. The molecule has 0 heterocycles. The maximum Gasteiger partial charge on any atom is 0.141 e.